The lowest BCUT2D eigenvalue weighted by molar-refractivity contribution is 1.26. The Morgan fingerprint density at radius 1 is 0.636 bits per heavy atom. The summed E-state index contributed by atoms with van der Waals surface area (Å²) >= 11 is 6.17. The predicted molar refractivity (Wildman–Crippen MR) is 94.9 cm³/mol. The van der Waals surface area contributed by atoms with E-state index < -0.39 is 0 Å². The third-order valence-corrected chi connectivity index (χ3v) is 4.66. The Hall–Kier alpha value is -2.51. The van der Waals surface area contributed by atoms with Gasteiger partial charge in [0.15, 0.2) is 0 Å². The minimum atomic E-state index is 0.768. The molecule has 22 heavy (non-hydrogen) atoms. The lowest BCUT2D eigenvalue weighted by Crippen LogP contribution is -1.86. The van der Waals surface area contributed by atoms with Gasteiger partial charge in [0, 0.05) is 27.5 Å². The monoisotopic (exact) mass is 301 g/mol. The lowest BCUT2D eigenvalue weighted by atomic mass is 9.98. The molecule has 0 aliphatic rings. The van der Waals surface area contributed by atoms with Crippen LogP contribution in [0.4, 0.5) is 0 Å². The highest BCUT2D eigenvalue weighted by molar-refractivity contribution is 6.31. The molecule has 0 unspecified atom stereocenters. The second kappa shape index (κ2) is 4.25. The van der Waals surface area contributed by atoms with Gasteiger partial charge >= 0.3 is 0 Å². The fourth-order valence-electron chi connectivity index (χ4n) is 3.51. The molecule has 0 amide bonds. The van der Waals surface area contributed by atoms with Crippen molar-refractivity contribution >= 4 is 49.6 Å². The van der Waals surface area contributed by atoms with E-state index in [4.69, 9.17) is 11.6 Å². The molecule has 0 saturated carbocycles. The van der Waals surface area contributed by atoms with Crippen molar-refractivity contribution in [3.8, 4) is 0 Å². The number of hydrogen-bond donors (Lipinski definition) is 0. The molecule has 5 aromatic rings. The zero-order valence-electron chi connectivity index (χ0n) is 11.8. The van der Waals surface area contributed by atoms with Crippen molar-refractivity contribution in [3.63, 3.8) is 0 Å². The van der Waals surface area contributed by atoms with Gasteiger partial charge in [-0.3, -0.25) is 0 Å². The van der Waals surface area contributed by atoms with E-state index in [1.165, 1.54) is 32.4 Å². The number of aromatic nitrogens is 1. The van der Waals surface area contributed by atoms with E-state index in [-0.39, 0.29) is 0 Å². The molecule has 104 valence electrons. The van der Waals surface area contributed by atoms with Crippen LogP contribution in [-0.4, -0.2) is 4.40 Å². The van der Waals surface area contributed by atoms with Crippen molar-refractivity contribution in [2.75, 3.05) is 0 Å². The van der Waals surface area contributed by atoms with Crippen LogP contribution in [0.2, 0.25) is 5.02 Å². The first-order valence-corrected chi connectivity index (χ1v) is 7.70. The molecule has 0 atom stereocenters. The van der Waals surface area contributed by atoms with Crippen molar-refractivity contribution in [2.24, 2.45) is 0 Å². The summed E-state index contributed by atoms with van der Waals surface area (Å²) in [6.45, 7) is 0. The molecule has 0 N–H and O–H groups in total. The molecule has 0 radical (unpaired) electrons. The molecule has 0 bridgehead atoms. The predicted octanol–water partition coefficient (Wildman–Crippen LogP) is 6.05. The van der Waals surface area contributed by atoms with Gasteiger partial charge in [-0.25, -0.2) is 0 Å². The highest BCUT2D eigenvalue weighted by atomic mass is 35.5. The minimum Gasteiger partial charge on any atom is -0.316 e. The first kappa shape index (κ1) is 12.1. The quantitative estimate of drug-likeness (QED) is 0.307. The third kappa shape index (κ3) is 1.49. The van der Waals surface area contributed by atoms with Gasteiger partial charge in [-0.05, 0) is 34.4 Å². The van der Waals surface area contributed by atoms with Gasteiger partial charge in [-0.2, -0.15) is 0 Å². The van der Waals surface area contributed by atoms with Crippen molar-refractivity contribution in [1.82, 2.24) is 4.40 Å². The van der Waals surface area contributed by atoms with E-state index in [2.05, 4.69) is 65.2 Å². The Morgan fingerprint density at radius 2 is 1.23 bits per heavy atom. The number of pyridine rings is 1. The molecule has 5 rings (SSSR count). The summed E-state index contributed by atoms with van der Waals surface area (Å²) in [5.74, 6) is 0. The number of benzene rings is 3. The highest BCUT2D eigenvalue weighted by Crippen LogP contribution is 2.36. The topological polar surface area (TPSA) is 4.41 Å². The first-order valence-electron chi connectivity index (χ1n) is 7.33. The summed E-state index contributed by atoms with van der Waals surface area (Å²) in [4.78, 5) is 0. The van der Waals surface area contributed by atoms with Crippen LogP contribution in [0.5, 0.6) is 0 Å². The van der Waals surface area contributed by atoms with Crippen molar-refractivity contribution in [2.45, 2.75) is 0 Å². The van der Waals surface area contributed by atoms with E-state index in [9.17, 15) is 0 Å². The van der Waals surface area contributed by atoms with Gasteiger partial charge in [-0.15, -0.1) is 0 Å². The van der Waals surface area contributed by atoms with Crippen LogP contribution in [0.15, 0.2) is 72.9 Å². The average molecular weight is 302 g/mol. The van der Waals surface area contributed by atoms with Gasteiger partial charge in [-0.1, -0.05) is 60.1 Å². The van der Waals surface area contributed by atoms with Crippen molar-refractivity contribution < 1.29 is 0 Å². The van der Waals surface area contributed by atoms with E-state index in [0.29, 0.717) is 0 Å². The molecule has 0 fully saturated rings. The molecule has 0 aliphatic heterocycles. The maximum absolute atomic E-state index is 6.17. The van der Waals surface area contributed by atoms with Crippen LogP contribution in [0.25, 0.3) is 38.0 Å². The van der Waals surface area contributed by atoms with Crippen LogP contribution < -0.4 is 0 Å². The van der Waals surface area contributed by atoms with Gasteiger partial charge in [0.25, 0.3) is 0 Å². The van der Waals surface area contributed by atoms with Crippen molar-refractivity contribution in [3.05, 3.63) is 77.9 Å². The van der Waals surface area contributed by atoms with E-state index in [1.54, 1.807) is 0 Å². The number of fused-ring (bicyclic) bond motifs is 8. The largest absolute Gasteiger partial charge is 0.316 e. The maximum Gasteiger partial charge on any atom is 0.0613 e. The maximum atomic E-state index is 6.17. The van der Waals surface area contributed by atoms with Crippen LogP contribution in [0.3, 0.4) is 0 Å². The van der Waals surface area contributed by atoms with Crippen molar-refractivity contribution in [1.29, 1.82) is 0 Å². The number of rotatable bonds is 0. The standard InChI is InChI=1S/C20H12ClN/c21-13-9-10-22-14(11-13)12-19-17-7-2-1-5-15(17)16-6-3-4-8-18(16)20(19)22/h1-12H. The molecule has 2 heterocycles. The Kier molecular flexibility index (Phi) is 2.33. The first-order chi connectivity index (χ1) is 10.8. The fraction of sp³-hybridized carbons (Fsp3) is 0. The molecule has 1 nitrogen and oxygen atoms in total. The zero-order valence-corrected chi connectivity index (χ0v) is 12.5. The second-order valence-electron chi connectivity index (χ2n) is 5.64. The molecule has 0 aliphatic carbocycles. The van der Waals surface area contributed by atoms with Gasteiger partial charge in [0.05, 0.1) is 5.52 Å². The van der Waals surface area contributed by atoms with Crippen LogP contribution >= 0.6 is 11.6 Å². The Bertz CT molecular complexity index is 1180. The summed E-state index contributed by atoms with van der Waals surface area (Å²) in [7, 11) is 0. The molecular weight excluding hydrogens is 290 g/mol. The molecule has 2 heteroatoms. The lowest BCUT2D eigenvalue weighted by Gasteiger charge is -2.08. The third-order valence-electron chi connectivity index (χ3n) is 4.42. The molecule has 3 aromatic carbocycles. The summed E-state index contributed by atoms with van der Waals surface area (Å²) < 4.78 is 2.23. The van der Waals surface area contributed by atoms with E-state index in [1.807, 2.05) is 12.1 Å². The summed E-state index contributed by atoms with van der Waals surface area (Å²) in [5.41, 5.74) is 2.38. The highest BCUT2D eigenvalue weighted by Gasteiger charge is 2.12. The fourth-order valence-corrected chi connectivity index (χ4v) is 3.68. The SMILES string of the molecule is Clc1ccn2c(c1)cc1c3ccccc3c3ccccc3c12. The smallest absolute Gasteiger partial charge is 0.0613 e. The van der Waals surface area contributed by atoms with E-state index in [0.717, 1.165) is 10.5 Å². The molecule has 2 aromatic heterocycles. The normalized spacial score (nSPS) is 11.9. The second-order valence-corrected chi connectivity index (χ2v) is 6.07. The van der Waals surface area contributed by atoms with E-state index >= 15 is 0 Å². The number of hydrogen-bond acceptors (Lipinski definition) is 0. The summed E-state index contributed by atoms with van der Waals surface area (Å²) in [6, 6.07) is 23.4. The Morgan fingerprint density at radius 3 is 1.95 bits per heavy atom. The summed E-state index contributed by atoms with van der Waals surface area (Å²) in [6.07, 6.45) is 2.06. The molecular formula is C20H12ClN. The summed E-state index contributed by atoms with van der Waals surface area (Å²) in [5, 5.41) is 7.20. The van der Waals surface area contributed by atoms with Gasteiger partial charge in [0.2, 0.25) is 0 Å². The van der Waals surface area contributed by atoms with Gasteiger partial charge in [0.1, 0.15) is 0 Å². The Labute approximate surface area is 132 Å². The van der Waals surface area contributed by atoms with Crippen LogP contribution in [0, 0.1) is 0 Å². The molecule has 0 saturated heterocycles. The minimum absolute atomic E-state index is 0.768. The number of nitrogens with zero attached hydrogens (tertiary/aromatic N) is 1. The number of halogens is 1. The van der Waals surface area contributed by atoms with Crippen LogP contribution in [-0.2, 0) is 0 Å². The Balaban J connectivity index is 2.21. The average Bonchev–Trinajstić information content (AvgIpc) is 2.94. The van der Waals surface area contributed by atoms with Crippen LogP contribution in [0.1, 0.15) is 0 Å². The molecule has 0 spiro atoms. The van der Waals surface area contributed by atoms with Gasteiger partial charge < -0.3 is 4.40 Å². The zero-order chi connectivity index (χ0) is 14.7.